The molecular weight excluding hydrogens is 589 g/mol. The van der Waals surface area contributed by atoms with Gasteiger partial charge in [-0.2, -0.15) is 0 Å². The Hall–Kier alpha value is -5.90. The van der Waals surface area contributed by atoms with Crippen molar-refractivity contribution in [1.82, 2.24) is 9.13 Å². The smallest absolute Gasteiger partial charge is 0.0726 e. The molecule has 0 unspecified atom stereocenters. The van der Waals surface area contributed by atoms with E-state index in [-0.39, 0.29) is 0 Å². The molecule has 0 amide bonds. The van der Waals surface area contributed by atoms with Gasteiger partial charge in [-0.15, -0.1) is 11.3 Å². The molecule has 0 saturated carbocycles. The summed E-state index contributed by atoms with van der Waals surface area (Å²) in [5.74, 6) is 0. The number of nitrogens with zero attached hydrogens (tertiary/aromatic N) is 2. The fourth-order valence-electron chi connectivity index (χ4n) is 8.16. The molecule has 0 aliphatic carbocycles. The number of hydrogen-bond donors (Lipinski definition) is 0. The SMILES string of the molecule is c1ccc2c(-n3c4ccc(-n5c6ccccc6c6ccccc65)cc4c4c5ccccc5c5c6ccccc6sc5c43)cccc2c1. The van der Waals surface area contributed by atoms with Gasteiger partial charge in [-0.1, -0.05) is 115 Å². The molecule has 11 aromatic rings. The average Bonchev–Trinajstić information content (AvgIpc) is 3.79. The standard InChI is InChI=1S/C44H26N2S/c1-2-14-29-27(12-1)13-11-22-36(29)46-39-25-24-28(45-37-20-8-5-15-30(37)31-16-6-9-21-38(31)45)26-35(39)41-32-17-3-4-18-33(32)42-34-19-7-10-23-40(34)47-44(42)43(41)46/h1-26H. The van der Waals surface area contributed by atoms with Crippen molar-refractivity contribution in [2.24, 2.45) is 0 Å². The maximum absolute atomic E-state index is 2.55. The van der Waals surface area contributed by atoms with E-state index < -0.39 is 0 Å². The largest absolute Gasteiger partial charge is 0.309 e. The van der Waals surface area contributed by atoms with E-state index in [1.54, 1.807) is 0 Å². The van der Waals surface area contributed by atoms with Crippen LogP contribution in [0.4, 0.5) is 0 Å². The van der Waals surface area contributed by atoms with E-state index in [9.17, 15) is 0 Å². The summed E-state index contributed by atoms with van der Waals surface area (Å²) in [6, 6.07) is 58.0. The molecule has 218 valence electrons. The monoisotopic (exact) mass is 614 g/mol. The second kappa shape index (κ2) is 9.32. The van der Waals surface area contributed by atoms with Gasteiger partial charge in [0.15, 0.2) is 0 Å². The van der Waals surface area contributed by atoms with Crippen LogP contribution in [0.3, 0.4) is 0 Å². The molecule has 0 fully saturated rings. The van der Waals surface area contributed by atoms with Crippen molar-refractivity contribution in [3.8, 4) is 11.4 Å². The first-order valence-corrected chi connectivity index (χ1v) is 16.9. The minimum absolute atomic E-state index is 1.17. The Bertz CT molecular complexity index is 3020. The number of hydrogen-bond acceptors (Lipinski definition) is 1. The topological polar surface area (TPSA) is 9.86 Å². The van der Waals surface area contributed by atoms with E-state index in [1.807, 2.05) is 11.3 Å². The Labute approximate surface area is 273 Å². The zero-order chi connectivity index (χ0) is 30.6. The summed E-state index contributed by atoms with van der Waals surface area (Å²) in [6.45, 7) is 0. The van der Waals surface area contributed by atoms with Crippen molar-refractivity contribution in [3.05, 3.63) is 158 Å². The first kappa shape index (κ1) is 25.3. The third-order valence-corrected chi connectivity index (χ3v) is 11.3. The third kappa shape index (κ3) is 3.34. The average molecular weight is 615 g/mol. The fraction of sp³-hybridized carbons (Fsp3) is 0. The van der Waals surface area contributed by atoms with Crippen molar-refractivity contribution in [3.63, 3.8) is 0 Å². The number of para-hydroxylation sites is 2. The Morgan fingerprint density at radius 1 is 0.383 bits per heavy atom. The van der Waals surface area contributed by atoms with Gasteiger partial charge in [-0.3, -0.25) is 0 Å². The predicted octanol–water partition coefficient (Wildman–Crippen LogP) is 12.6. The lowest BCUT2D eigenvalue weighted by molar-refractivity contribution is 1.17. The molecule has 2 nitrogen and oxygen atoms in total. The van der Waals surface area contributed by atoms with Crippen molar-refractivity contribution >= 4 is 96.7 Å². The first-order chi connectivity index (χ1) is 23.3. The second-order valence-corrected chi connectivity index (χ2v) is 13.5. The normalized spacial score (nSPS) is 12.3. The lowest BCUT2D eigenvalue weighted by atomic mass is 9.98. The molecular formula is C44H26N2S. The maximum Gasteiger partial charge on any atom is 0.0726 e. The van der Waals surface area contributed by atoms with Crippen LogP contribution in [0.2, 0.25) is 0 Å². The summed E-state index contributed by atoms with van der Waals surface area (Å²) in [7, 11) is 0. The predicted molar refractivity (Wildman–Crippen MR) is 203 cm³/mol. The van der Waals surface area contributed by atoms with Crippen molar-refractivity contribution in [2.75, 3.05) is 0 Å². The lowest BCUT2D eigenvalue weighted by Gasteiger charge is -2.13. The lowest BCUT2D eigenvalue weighted by Crippen LogP contribution is -1.96. The molecule has 0 spiro atoms. The summed E-state index contributed by atoms with van der Waals surface area (Å²) in [5.41, 5.74) is 7.33. The van der Waals surface area contributed by atoms with Crippen molar-refractivity contribution in [2.45, 2.75) is 0 Å². The zero-order valence-electron chi connectivity index (χ0n) is 25.3. The fourth-order valence-corrected chi connectivity index (χ4v) is 9.42. The number of benzene rings is 8. The Morgan fingerprint density at radius 2 is 0.957 bits per heavy atom. The van der Waals surface area contributed by atoms with Gasteiger partial charge < -0.3 is 9.13 Å². The van der Waals surface area contributed by atoms with Gasteiger partial charge >= 0.3 is 0 Å². The number of fused-ring (bicyclic) bond motifs is 14. The second-order valence-electron chi connectivity index (χ2n) is 12.5. The number of rotatable bonds is 2. The molecule has 8 aromatic carbocycles. The Kier molecular flexibility index (Phi) is 5.02. The van der Waals surface area contributed by atoms with E-state index in [1.165, 1.54) is 96.7 Å². The molecule has 0 bridgehead atoms. The molecule has 0 radical (unpaired) electrons. The minimum Gasteiger partial charge on any atom is -0.309 e. The number of aromatic nitrogens is 2. The highest BCUT2D eigenvalue weighted by Gasteiger charge is 2.23. The van der Waals surface area contributed by atoms with Crippen LogP contribution in [0.15, 0.2) is 158 Å². The molecule has 3 aromatic heterocycles. The van der Waals surface area contributed by atoms with E-state index in [2.05, 4.69) is 167 Å². The Morgan fingerprint density at radius 3 is 1.72 bits per heavy atom. The van der Waals surface area contributed by atoms with Crippen LogP contribution < -0.4 is 0 Å². The molecule has 0 N–H and O–H groups in total. The quantitative estimate of drug-likeness (QED) is 0.183. The van der Waals surface area contributed by atoms with E-state index in [0.717, 1.165) is 0 Å². The molecule has 47 heavy (non-hydrogen) atoms. The van der Waals surface area contributed by atoms with Crippen LogP contribution in [0.5, 0.6) is 0 Å². The van der Waals surface area contributed by atoms with E-state index in [0.29, 0.717) is 0 Å². The molecule has 0 aliphatic rings. The highest BCUT2D eigenvalue weighted by atomic mass is 32.1. The van der Waals surface area contributed by atoms with E-state index >= 15 is 0 Å². The van der Waals surface area contributed by atoms with Crippen LogP contribution in [0, 0.1) is 0 Å². The van der Waals surface area contributed by atoms with Crippen molar-refractivity contribution in [1.29, 1.82) is 0 Å². The zero-order valence-corrected chi connectivity index (χ0v) is 26.1. The summed E-state index contributed by atoms with van der Waals surface area (Å²) in [4.78, 5) is 0. The van der Waals surface area contributed by atoms with Crippen LogP contribution in [0.1, 0.15) is 0 Å². The summed E-state index contributed by atoms with van der Waals surface area (Å²) in [5, 5.41) is 12.9. The van der Waals surface area contributed by atoms with Gasteiger partial charge in [0, 0.05) is 48.1 Å². The molecule has 0 aliphatic heterocycles. The molecule has 0 atom stereocenters. The van der Waals surface area contributed by atoms with Gasteiger partial charge in [0.1, 0.15) is 0 Å². The van der Waals surface area contributed by atoms with Crippen LogP contribution in [-0.4, -0.2) is 9.13 Å². The van der Waals surface area contributed by atoms with Crippen LogP contribution in [0.25, 0.3) is 96.7 Å². The number of thiophene rings is 1. The van der Waals surface area contributed by atoms with Gasteiger partial charge in [-0.05, 0) is 58.6 Å². The highest BCUT2D eigenvalue weighted by Crippen LogP contribution is 2.48. The molecule has 11 rings (SSSR count). The molecule has 0 saturated heterocycles. The minimum atomic E-state index is 1.17. The summed E-state index contributed by atoms with van der Waals surface area (Å²) in [6.07, 6.45) is 0. The summed E-state index contributed by atoms with van der Waals surface area (Å²) >= 11 is 1.92. The van der Waals surface area contributed by atoms with Gasteiger partial charge in [-0.25, -0.2) is 0 Å². The van der Waals surface area contributed by atoms with Crippen LogP contribution in [-0.2, 0) is 0 Å². The molecule has 3 heteroatoms. The van der Waals surface area contributed by atoms with Crippen molar-refractivity contribution < 1.29 is 0 Å². The molecule has 3 heterocycles. The van der Waals surface area contributed by atoms with Gasteiger partial charge in [0.2, 0.25) is 0 Å². The van der Waals surface area contributed by atoms with Gasteiger partial charge in [0.25, 0.3) is 0 Å². The maximum atomic E-state index is 2.55. The van der Waals surface area contributed by atoms with Crippen LogP contribution >= 0.6 is 11.3 Å². The Balaban J connectivity index is 1.38. The third-order valence-electron chi connectivity index (χ3n) is 10.1. The summed E-state index contributed by atoms with van der Waals surface area (Å²) < 4.78 is 7.64. The first-order valence-electron chi connectivity index (χ1n) is 16.1. The van der Waals surface area contributed by atoms with Gasteiger partial charge in [0.05, 0.1) is 32.5 Å². The highest BCUT2D eigenvalue weighted by molar-refractivity contribution is 7.27. The van der Waals surface area contributed by atoms with E-state index in [4.69, 9.17) is 0 Å².